The molecule has 0 bridgehead atoms. The average Bonchev–Trinajstić information content (AvgIpc) is 2.83. The maximum Gasteiger partial charge on any atom is 0.408 e. The molecule has 3 amide bonds. The first-order valence-electron chi connectivity index (χ1n) is 12.9. The van der Waals surface area contributed by atoms with Gasteiger partial charge in [-0.05, 0) is 57.7 Å². The Balaban J connectivity index is 2.58. The highest BCUT2D eigenvalue weighted by Gasteiger charge is 2.38. The normalized spacial score (nSPS) is 13.6. The monoisotopic (exact) mass is 523 g/mol. The van der Waals surface area contributed by atoms with E-state index in [4.69, 9.17) is 4.74 Å². The minimum absolute atomic E-state index is 0.000934. The van der Waals surface area contributed by atoms with Crippen LogP contribution in [0, 0.1) is 19.8 Å². The van der Waals surface area contributed by atoms with Crippen LogP contribution in [0.4, 0.5) is 10.5 Å². The Morgan fingerprint density at radius 1 is 1.08 bits per heavy atom. The van der Waals surface area contributed by atoms with Crippen LogP contribution in [0.25, 0.3) is 0 Å². The number of alkyl carbamates (subject to hydrolysis) is 1. The molecular formula is C30H41N3O5. The summed E-state index contributed by atoms with van der Waals surface area (Å²) in [5.74, 6) is -1.39. The molecule has 38 heavy (non-hydrogen) atoms. The molecule has 2 aromatic carbocycles. The van der Waals surface area contributed by atoms with Gasteiger partial charge in [-0.3, -0.25) is 9.59 Å². The number of hydrogen-bond donors (Lipinski definition) is 3. The number of carbonyl (C=O) groups excluding carboxylic acids is 3. The van der Waals surface area contributed by atoms with E-state index < -0.39 is 35.6 Å². The van der Waals surface area contributed by atoms with Gasteiger partial charge in [-0.1, -0.05) is 62.7 Å². The Morgan fingerprint density at radius 2 is 1.68 bits per heavy atom. The lowest BCUT2D eigenvalue weighted by Gasteiger charge is -2.35. The molecule has 0 aliphatic heterocycles. The molecule has 3 atom stereocenters. The van der Waals surface area contributed by atoms with Crippen LogP contribution in [0.5, 0.6) is 5.75 Å². The molecule has 8 nitrogen and oxygen atoms in total. The van der Waals surface area contributed by atoms with Gasteiger partial charge in [0.05, 0.1) is 0 Å². The highest BCUT2D eigenvalue weighted by Crippen LogP contribution is 2.32. The molecule has 0 saturated carbocycles. The van der Waals surface area contributed by atoms with Crippen LogP contribution in [0.2, 0.25) is 0 Å². The molecule has 0 fully saturated rings. The van der Waals surface area contributed by atoms with Gasteiger partial charge in [0, 0.05) is 17.8 Å². The summed E-state index contributed by atoms with van der Waals surface area (Å²) < 4.78 is 5.41. The van der Waals surface area contributed by atoms with Crippen molar-refractivity contribution < 1.29 is 24.2 Å². The van der Waals surface area contributed by atoms with E-state index in [0.29, 0.717) is 12.1 Å². The maximum absolute atomic E-state index is 14.1. The number of ether oxygens (including phenoxy) is 1. The minimum atomic E-state index is -1.20. The molecule has 0 aliphatic rings. The van der Waals surface area contributed by atoms with Gasteiger partial charge in [0.25, 0.3) is 5.91 Å². The highest BCUT2D eigenvalue weighted by atomic mass is 16.6. The van der Waals surface area contributed by atoms with Crippen molar-refractivity contribution in [2.24, 2.45) is 5.92 Å². The molecule has 0 radical (unpaired) electrons. The van der Waals surface area contributed by atoms with Gasteiger partial charge in [0.1, 0.15) is 23.4 Å². The number of hydrogen-bond acceptors (Lipinski definition) is 5. The van der Waals surface area contributed by atoms with Gasteiger partial charge in [-0.2, -0.15) is 0 Å². The number of phenolic OH excluding ortho intramolecular Hbond substituents is 1. The number of aryl methyl sites for hydroxylation is 2. The summed E-state index contributed by atoms with van der Waals surface area (Å²) in [6.07, 6.45) is 1.37. The molecule has 0 heterocycles. The van der Waals surface area contributed by atoms with Crippen LogP contribution in [0.15, 0.2) is 55.1 Å². The zero-order valence-corrected chi connectivity index (χ0v) is 23.5. The molecule has 0 spiro atoms. The molecule has 3 N–H and O–H groups in total. The second kappa shape index (κ2) is 13.1. The quantitative estimate of drug-likeness (QED) is 0.349. The fourth-order valence-electron chi connectivity index (χ4n) is 4.13. The number of rotatable bonds is 10. The van der Waals surface area contributed by atoms with Gasteiger partial charge >= 0.3 is 6.09 Å². The third-order valence-electron chi connectivity index (χ3n) is 6.28. The lowest BCUT2D eigenvalue weighted by atomic mass is 9.95. The number of aromatic hydroxyl groups is 1. The lowest BCUT2D eigenvalue weighted by Crippen LogP contribution is -2.54. The Hall–Kier alpha value is -3.81. The predicted molar refractivity (Wildman–Crippen MR) is 150 cm³/mol. The van der Waals surface area contributed by atoms with E-state index in [1.165, 1.54) is 17.0 Å². The lowest BCUT2D eigenvalue weighted by molar-refractivity contribution is -0.141. The SMILES string of the molecule is C=CCN(C(=O)C(NC(=O)OC(C)(C)C)C(C)CC)C(C(=O)Nc1c(C)cccc1C)c1ccccc1O. The summed E-state index contributed by atoms with van der Waals surface area (Å²) in [4.78, 5) is 42.0. The van der Waals surface area contributed by atoms with Crippen molar-refractivity contribution in [1.82, 2.24) is 10.2 Å². The van der Waals surface area contributed by atoms with Crippen LogP contribution < -0.4 is 10.6 Å². The van der Waals surface area contributed by atoms with Crippen LogP contribution in [0.1, 0.15) is 63.8 Å². The van der Waals surface area contributed by atoms with Crippen molar-refractivity contribution in [1.29, 1.82) is 0 Å². The van der Waals surface area contributed by atoms with Gasteiger partial charge < -0.3 is 25.4 Å². The largest absolute Gasteiger partial charge is 0.508 e. The fourth-order valence-corrected chi connectivity index (χ4v) is 4.13. The Kier molecular flexibility index (Phi) is 10.5. The van der Waals surface area contributed by atoms with E-state index in [9.17, 15) is 19.5 Å². The van der Waals surface area contributed by atoms with E-state index >= 15 is 0 Å². The van der Waals surface area contributed by atoms with Crippen molar-refractivity contribution in [3.05, 3.63) is 71.8 Å². The van der Waals surface area contributed by atoms with Crippen molar-refractivity contribution >= 4 is 23.6 Å². The van der Waals surface area contributed by atoms with Crippen LogP contribution in [-0.2, 0) is 14.3 Å². The van der Waals surface area contributed by atoms with Crippen LogP contribution >= 0.6 is 0 Å². The summed E-state index contributed by atoms with van der Waals surface area (Å²) in [5, 5.41) is 16.4. The smallest absolute Gasteiger partial charge is 0.408 e. The molecule has 0 aliphatic carbocycles. The van der Waals surface area contributed by atoms with E-state index in [2.05, 4.69) is 17.2 Å². The summed E-state index contributed by atoms with van der Waals surface area (Å²) >= 11 is 0. The summed E-state index contributed by atoms with van der Waals surface area (Å²) in [6.45, 7) is 16.5. The number of amides is 3. The molecule has 2 rings (SSSR count). The Labute approximate surface area is 226 Å². The standard InChI is InChI=1S/C30H41N3O5/c1-9-18-33(28(36)25(19(3)10-2)32-29(37)38-30(6,7)8)26(22-16-11-12-17-23(22)34)27(35)31-24-20(4)14-13-15-21(24)5/h9,11-17,19,25-26,34H,1,10,18H2,2-8H3,(H,31,35)(H,32,37). The highest BCUT2D eigenvalue weighted by molar-refractivity contribution is 6.00. The Morgan fingerprint density at radius 3 is 2.21 bits per heavy atom. The number of nitrogens with one attached hydrogen (secondary N) is 2. The van der Waals surface area contributed by atoms with Crippen molar-refractivity contribution in [3.63, 3.8) is 0 Å². The van der Waals surface area contributed by atoms with Gasteiger partial charge in [-0.25, -0.2) is 4.79 Å². The third kappa shape index (κ3) is 7.84. The van der Waals surface area contributed by atoms with Crippen molar-refractivity contribution in [2.75, 3.05) is 11.9 Å². The number of carbonyl (C=O) groups is 3. The van der Waals surface area contributed by atoms with E-state index in [-0.39, 0.29) is 23.8 Å². The second-order valence-corrected chi connectivity index (χ2v) is 10.5. The van der Waals surface area contributed by atoms with Gasteiger partial charge in [0.2, 0.25) is 5.91 Å². The first-order chi connectivity index (χ1) is 17.8. The summed E-state index contributed by atoms with van der Waals surface area (Å²) in [5.41, 5.74) is 1.86. The number of anilines is 1. The van der Waals surface area contributed by atoms with E-state index in [1.54, 1.807) is 39.0 Å². The fraction of sp³-hybridized carbons (Fsp3) is 0.433. The second-order valence-electron chi connectivity index (χ2n) is 10.5. The number of para-hydroxylation sites is 2. The molecule has 0 aromatic heterocycles. The van der Waals surface area contributed by atoms with Crippen LogP contribution in [-0.4, -0.2) is 46.1 Å². The first-order valence-corrected chi connectivity index (χ1v) is 12.9. The first kappa shape index (κ1) is 30.4. The van der Waals surface area contributed by atoms with Crippen molar-refractivity contribution in [3.8, 4) is 5.75 Å². The van der Waals surface area contributed by atoms with Crippen molar-refractivity contribution in [2.45, 2.75) is 72.6 Å². The maximum atomic E-state index is 14.1. The molecule has 0 saturated heterocycles. The molecule has 2 aromatic rings. The average molecular weight is 524 g/mol. The number of benzene rings is 2. The molecule has 8 heteroatoms. The zero-order valence-electron chi connectivity index (χ0n) is 23.5. The van der Waals surface area contributed by atoms with E-state index in [1.807, 2.05) is 45.9 Å². The Bertz CT molecular complexity index is 1130. The molecule has 206 valence electrons. The summed E-state index contributed by atoms with van der Waals surface area (Å²) in [7, 11) is 0. The zero-order chi connectivity index (χ0) is 28.6. The van der Waals surface area contributed by atoms with Gasteiger partial charge in [-0.15, -0.1) is 6.58 Å². The summed E-state index contributed by atoms with van der Waals surface area (Å²) in [6, 6.07) is 9.89. The molecular weight excluding hydrogens is 482 g/mol. The van der Waals surface area contributed by atoms with Gasteiger partial charge in [0.15, 0.2) is 0 Å². The number of phenols is 1. The van der Waals surface area contributed by atoms with Crippen LogP contribution in [0.3, 0.4) is 0 Å². The topological polar surface area (TPSA) is 108 Å². The molecule has 3 unspecified atom stereocenters. The minimum Gasteiger partial charge on any atom is -0.508 e. The third-order valence-corrected chi connectivity index (χ3v) is 6.28. The number of nitrogens with zero attached hydrogens (tertiary/aromatic N) is 1. The predicted octanol–water partition coefficient (Wildman–Crippen LogP) is 5.64. The van der Waals surface area contributed by atoms with E-state index in [0.717, 1.165) is 11.1 Å².